The molecule has 120 valence electrons. The highest BCUT2D eigenvalue weighted by Gasteiger charge is 2.17. The Labute approximate surface area is 131 Å². The van der Waals surface area contributed by atoms with Crippen molar-refractivity contribution in [3.05, 3.63) is 29.8 Å². The molecule has 0 saturated carbocycles. The summed E-state index contributed by atoms with van der Waals surface area (Å²) in [5.41, 5.74) is 0.466. The largest absolute Gasteiger partial charge is 0.483 e. The van der Waals surface area contributed by atoms with E-state index < -0.39 is 0 Å². The summed E-state index contributed by atoms with van der Waals surface area (Å²) < 4.78 is 5.61. The number of hydrogen-bond acceptors (Lipinski definition) is 3. The van der Waals surface area contributed by atoms with E-state index in [1.807, 2.05) is 11.8 Å². The maximum Gasteiger partial charge on any atom is 0.260 e. The Morgan fingerprint density at radius 1 is 1.14 bits per heavy atom. The quantitative estimate of drug-likeness (QED) is 0.907. The Morgan fingerprint density at radius 3 is 2.50 bits per heavy atom. The Bertz CT molecular complexity index is 508. The van der Waals surface area contributed by atoms with Crippen LogP contribution in [-0.4, -0.2) is 43.0 Å². The fourth-order valence-electron chi connectivity index (χ4n) is 2.59. The number of hydrogen-bond donors (Lipinski definition) is 1. The van der Waals surface area contributed by atoms with Crippen molar-refractivity contribution in [2.45, 2.75) is 32.6 Å². The highest BCUT2D eigenvalue weighted by atomic mass is 16.5. The molecule has 0 aliphatic carbocycles. The van der Waals surface area contributed by atoms with Gasteiger partial charge < -0.3 is 15.0 Å². The summed E-state index contributed by atoms with van der Waals surface area (Å²) in [6.07, 6.45) is 4.48. The van der Waals surface area contributed by atoms with Gasteiger partial charge in [0.05, 0.1) is 5.56 Å². The minimum Gasteiger partial charge on any atom is -0.483 e. The zero-order valence-electron chi connectivity index (χ0n) is 13.1. The van der Waals surface area contributed by atoms with E-state index in [1.54, 1.807) is 24.3 Å². The van der Waals surface area contributed by atoms with E-state index in [1.165, 1.54) is 12.8 Å². The molecular formula is C17H24N2O3. The van der Waals surface area contributed by atoms with Crippen molar-refractivity contribution < 1.29 is 14.3 Å². The third-order valence-electron chi connectivity index (χ3n) is 3.78. The number of carbonyl (C=O) groups is 2. The number of nitrogens with one attached hydrogen (secondary N) is 1. The van der Waals surface area contributed by atoms with Crippen LogP contribution in [0.1, 0.15) is 43.0 Å². The predicted octanol–water partition coefficient (Wildman–Crippen LogP) is 2.22. The van der Waals surface area contributed by atoms with Crippen LogP contribution in [0.25, 0.3) is 0 Å². The van der Waals surface area contributed by atoms with Gasteiger partial charge in [0, 0.05) is 19.6 Å². The molecule has 1 aromatic rings. The van der Waals surface area contributed by atoms with Crippen LogP contribution in [0.5, 0.6) is 5.75 Å². The molecule has 22 heavy (non-hydrogen) atoms. The molecule has 1 saturated heterocycles. The number of nitrogens with zero attached hydrogens (tertiary/aromatic N) is 1. The molecule has 0 bridgehead atoms. The summed E-state index contributed by atoms with van der Waals surface area (Å²) in [4.78, 5) is 26.1. The lowest BCUT2D eigenvalue weighted by atomic mass is 10.2. The van der Waals surface area contributed by atoms with Crippen LogP contribution in [0.15, 0.2) is 24.3 Å². The van der Waals surface area contributed by atoms with E-state index in [0.717, 1.165) is 25.9 Å². The molecule has 2 rings (SSSR count). The maximum absolute atomic E-state index is 12.2. The van der Waals surface area contributed by atoms with Gasteiger partial charge in [0.25, 0.3) is 11.8 Å². The van der Waals surface area contributed by atoms with Crippen molar-refractivity contribution in [1.82, 2.24) is 10.2 Å². The molecule has 2 amide bonds. The minimum absolute atomic E-state index is 0.00685. The van der Waals surface area contributed by atoms with Gasteiger partial charge in [-0.05, 0) is 31.9 Å². The van der Waals surface area contributed by atoms with Crippen LogP contribution in [0.3, 0.4) is 0 Å². The minimum atomic E-state index is -0.180. The number of benzene rings is 1. The molecule has 1 N–H and O–H groups in total. The van der Waals surface area contributed by atoms with Gasteiger partial charge in [-0.2, -0.15) is 0 Å². The molecule has 0 aromatic heterocycles. The zero-order chi connectivity index (χ0) is 15.8. The van der Waals surface area contributed by atoms with E-state index in [4.69, 9.17) is 4.74 Å². The third kappa shape index (κ3) is 4.48. The van der Waals surface area contributed by atoms with E-state index in [-0.39, 0.29) is 18.4 Å². The number of ether oxygens (including phenoxy) is 1. The smallest absolute Gasteiger partial charge is 0.260 e. The molecule has 5 heteroatoms. The standard InChI is InChI=1S/C17H24N2O3/c1-2-18-17(21)14-9-5-6-10-15(14)22-13-16(20)19-11-7-3-4-8-12-19/h5-6,9-10H,2-4,7-8,11-13H2,1H3,(H,18,21). The summed E-state index contributed by atoms with van der Waals surface area (Å²) in [6.45, 7) is 4.01. The summed E-state index contributed by atoms with van der Waals surface area (Å²) in [5.74, 6) is 0.268. The van der Waals surface area contributed by atoms with Crippen LogP contribution in [0.4, 0.5) is 0 Å². The number of likely N-dealkylation sites (tertiary alicyclic amines) is 1. The molecule has 0 spiro atoms. The van der Waals surface area contributed by atoms with Crippen LogP contribution in [-0.2, 0) is 4.79 Å². The molecule has 1 aliphatic rings. The normalized spacial score (nSPS) is 15.0. The molecule has 1 heterocycles. The number of rotatable bonds is 5. The van der Waals surface area contributed by atoms with E-state index >= 15 is 0 Å². The van der Waals surface area contributed by atoms with Crippen molar-refractivity contribution in [3.8, 4) is 5.75 Å². The second-order valence-corrected chi connectivity index (χ2v) is 5.44. The van der Waals surface area contributed by atoms with Crippen molar-refractivity contribution >= 4 is 11.8 Å². The summed E-state index contributed by atoms with van der Waals surface area (Å²) in [5, 5.41) is 2.75. The van der Waals surface area contributed by atoms with Crippen molar-refractivity contribution in [3.63, 3.8) is 0 Å². The molecule has 5 nitrogen and oxygen atoms in total. The van der Waals surface area contributed by atoms with Gasteiger partial charge in [-0.15, -0.1) is 0 Å². The Balaban J connectivity index is 1.96. The number of amides is 2. The first-order chi connectivity index (χ1) is 10.7. The average Bonchev–Trinajstić information content (AvgIpc) is 2.82. The van der Waals surface area contributed by atoms with Crippen LogP contribution < -0.4 is 10.1 Å². The summed E-state index contributed by atoms with van der Waals surface area (Å²) in [6, 6.07) is 7.01. The molecular weight excluding hydrogens is 280 g/mol. The first-order valence-corrected chi connectivity index (χ1v) is 8.00. The molecule has 0 atom stereocenters. The molecule has 1 fully saturated rings. The fourth-order valence-corrected chi connectivity index (χ4v) is 2.59. The van der Waals surface area contributed by atoms with E-state index in [2.05, 4.69) is 5.32 Å². The van der Waals surface area contributed by atoms with Crippen LogP contribution in [0.2, 0.25) is 0 Å². The summed E-state index contributed by atoms with van der Waals surface area (Å²) in [7, 11) is 0. The van der Waals surface area contributed by atoms with Gasteiger partial charge >= 0.3 is 0 Å². The lowest BCUT2D eigenvalue weighted by molar-refractivity contribution is -0.133. The van der Waals surface area contributed by atoms with E-state index in [9.17, 15) is 9.59 Å². The van der Waals surface area contributed by atoms with Gasteiger partial charge in [0.15, 0.2) is 6.61 Å². The molecule has 1 aliphatic heterocycles. The van der Waals surface area contributed by atoms with Crippen LogP contribution >= 0.6 is 0 Å². The van der Waals surface area contributed by atoms with Crippen molar-refractivity contribution in [2.24, 2.45) is 0 Å². The third-order valence-corrected chi connectivity index (χ3v) is 3.78. The molecule has 0 unspecified atom stereocenters. The first-order valence-electron chi connectivity index (χ1n) is 8.00. The zero-order valence-corrected chi connectivity index (χ0v) is 13.1. The summed E-state index contributed by atoms with van der Waals surface area (Å²) >= 11 is 0. The number of para-hydroxylation sites is 1. The maximum atomic E-state index is 12.2. The van der Waals surface area contributed by atoms with Gasteiger partial charge in [0.2, 0.25) is 0 Å². The van der Waals surface area contributed by atoms with Gasteiger partial charge in [-0.3, -0.25) is 9.59 Å². The molecule has 1 aromatic carbocycles. The van der Waals surface area contributed by atoms with Gasteiger partial charge in [-0.25, -0.2) is 0 Å². The average molecular weight is 304 g/mol. The highest BCUT2D eigenvalue weighted by Crippen LogP contribution is 2.18. The Hall–Kier alpha value is -2.04. The van der Waals surface area contributed by atoms with Crippen molar-refractivity contribution in [2.75, 3.05) is 26.2 Å². The van der Waals surface area contributed by atoms with E-state index in [0.29, 0.717) is 17.9 Å². The van der Waals surface area contributed by atoms with Crippen LogP contribution in [0, 0.1) is 0 Å². The lowest BCUT2D eigenvalue weighted by Crippen LogP contribution is -2.35. The second-order valence-electron chi connectivity index (χ2n) is 5.44. The molecule has 0 radical (unpaired) electrons. The van der Waals surface area contributed by atoms with Gasteiger partial charge in [-0.1, -0.05) is 25.0 Å². The number of carbonyl (C=O) groups excluding carboxylic acids is 2. The highest BCUT2D eigenvalue weighted by molar-refractivity contribution is 5.97. The topological polar surface area (TPSA) is 58.6 Å². The lowest BCUT2D eigenvalue weighted by Gasteiger charge is -2.20. The van der Waals surface area contributed by atoms with Gasteiger partial charge in [0.1, 0.15) is 5.75 Å². The first kappa shape index (κ1) is 16.3. The Morgan fingerprint density at radius 2 is 1.82 bits per heavy atom. The SMILES string of the molecule is CCNC(=O)c1ccccc1OCC(=O)N1CCCCCC1. The fraction of sp³-hybridized carbons (Fsp3) is 0.529. The van der Waals surface area contributed by atoms with Crippen molar-refractivity contribution in [1.29, 1.82) is 0 Å². The second kappa shape index (κ2) is 8.41. The predicted molar refractivity (Wildman–Crippen MR) is 85.0 cm³/mol. The Kier molecular flexibility index (Phi) is 6.25. The monoisotopic (exact) mass is 304 g/mol.